The maximum atomic E-state index is 12.0. The van der Waals surface area contributed by atoms with E-state index in [1.165, 1.54) is 6.42 Å². The van der Waals surface area contributed by atoms with E-state index in [0.29, 0.717) is 29.2 Å². The van der Waals surface area contributed by atoms with Gasteiger partial charge in [-0.05, 0) is 30.4 Å². The van der Waals surface area contributed by atoms with Gasteiger partial charge in [0.15, 0.2) is 5.15 Å². The number of rotatable bonds is 3. The highest BCUT2D eigenvalue weighted by molar-refractivity contribution is 6.32. The van der Waals surface area contributed by atoms with Gasteiger partial charge in [0, 0.05) is 19.3 Å². The van der Waals surface area contributed by atoms with Crippen LogP contribution in [-0.4, -0.2) is 35.4 Å². The SMILES string of the molecule is C[C@@H]1C[C@H](C)CN(CC(=O)Nc2cccnc2Cl)C1. The Bertz CT molecular complexity index is 442. The molecule has 1 aliphatic heterocycles. The number of pyridine rings is 1. The van der Waals surface area contributed by atoms with Gasteiger partial charge in [0.25, 0.3) is 0 Å². The zero-order chi connectivity index (χ0) is 13.8. The van der Waals surface area contributed by atoms with Crippen LogP contribution in [0.15, 0.2) is 18.3 Å². The van der Waals surface area contributed by atoms with E-state index in [0.717, 1.165) is 13.1 Å². The van der Waals surface area contributed by atoms with E-state index >= 15 is 0 Å². The molecule has 104 valence electrons. The first-order valence-electron chi connectivity index (χ1n) is 6.67. The van der Waals surface area contributed by atoms with E-state index < -0.39 is 0 Å². The molecule has 1 aromatic rings. The summed E-state index contributed by atoms with van der Waals surface area (Å²) < 4.78 is 0. The van der Waals surface area contributed by atoms with Crippen LogP contribution in [0.2, 0.25) is 5.15 Å². The zero-order valence-corrected chi connectivity index (χ0v) is 12.2. The number of likely N-dealkylation sites (tertiary alicyclic amines) is 1. The van der Waals surface area contributed by atoms with Crippen molar-refractivity contribution in [2.75, 3.05) is 25.0 Å². The molecule has 19 heavy (non-hydrogen) atoms. The third-order valence-electron chi connectivity index (χ3n) is 3.34. The first-order chi connectivity index (χ1) is 9.04. The number of anilines is 1. The minimum atomic E-state index is -0.0313. The van der Waals surface area contributed by atoms with Gasteiger partial charge in [0.2, 0.25) is 5.91 Å². The second kappa shape index (κ2) is 6.35. The molecule has 2 heterocycles. The molecule has 2 rings (SSSR count). The smallest absolute Gasteiger partial charge is 0.238 e. The molecule has 2 atom stereocenters. The summed E-state index contributed by atoms with van der Waals surface area (Å²) in [6.45, 7) is 6.86. The lowest BCUT2D eigenvalue weighted by Gasteiger charge is -2.34. The number of hydrogen-bond acceptors (Lipinski definition) is 3. The summed E-state index contributed by atoms with van der Waals surface area (Å²) >= 11 is 5.92. The summed E-state index contributed by atoms with van der Waals surface area (Å²) in [5.41, 5.74) is 0.576. The number of carbonyl (C=O) groups excluding carboxylic acids is 1. The summed E-state index contributed by atoms with van der Waals surface area (Å²) in [4.78, 5) is 18.2. The van der Waals surface area contributed by atoms with Crippen LogP contribution >= 0.6 is 11.6 Å². The quantitative estimate of drug-likeness (QED) is 0.867. The van der Waals surface area contributed by atoms with Gasteiger partial charge in [0.1, 0.15) is 0 Å². The molecule has 0 aromatic carbocycles. The highest BCUT2D eigenvalue weighted by Gasteiger charge is 2.23. The fourth-order valence-electron chi connectivity index (χ4n) is 2.79. The van der Waals surface area contributed by atoms with Gasteiger partial charge >= 0.3 is 0 Å². The molecule has 1 aromatic heterocycles. The lowest BCUT2D eigenvalue weighted by molar-refractivity contribution is -0.117. The van der Waals surface area contributed by atoms with Crippen molar-refractivity contribution >= 4 is 23.2 Å². The zero-order valence-electron chi connectivity index (χ0n) is 11.4. The van der Waals surface area contributed by atoms with Gasteiger partial charge in [-0.25, -0.2) is 4.98 Å². The summed E-state index contributed by atoms with van der Waals surface area (Å²) in [6.07, 6.45) is 2.85. The van der Waals surface area contributed by atoms with Crippen LogP contribution in [0.3, 0.4) is 0 Å². The highest BCUT2D eigenvalue weighted by Crippen LogP contribution is 2.21. The van der Waals surface area contributed by atoms with Crippen LogP contribution in [0.25, 0.3) is 0 Å². The average Bonchev–Trinajstić information content (AvgIpc) is 2.30. The summed E-state index contributed by atoms with van der Waals surface area (Å²) in [5.74, 6) is 1.27. The number of carbonyl (C=O) groups is 1. The molecule has 0 unspecified atom stereocenters. The Kier molecular flexibility index (Phi) is 4.77. The van der Waals surface area contributed by atoms with Crippen LogP contribution in [0.4, 0.5) is 5.69 Å². The number of amides is 1. The molecule has 5 heteroatoms. The Morgan fingerprint density at radius 1 is 1.47 bits per heavy atom. The van der Waals surface area contributed by atoms with Crippen molar-refractivity contribution in [3.8, 4) is 0 Å². The fraction of sp³-hybridized carbons (Fsp3) is 0.571. The Morgan fingerprint density at radius 3 is 2.79 bits per heavy atom. The third kappa shape index (κ3) is 4.18. The molecule has 4 nitrogen and oxygen atoms in total. The highest BCUT2D eigenvalue weighted by atomic mass is 35.5. The first-order valence-corrected chi connectivity index (χ1v) is 7.05. The Morgan fingerprint density at radius 2 is 2.16 bits per heavy atom. The Balaban J connectivity index is 1.89. The van der Waals surface area contributed by atoms with Crippen LogP contribution in [0.5, 0.6) is 0 Å². The van der Waals surface area contributed by atoms with Crippen molar-refractivity contribution in [3.63, 3.8) is 0 Å². The number of aromatic nitrogens is 1. The second-order valence-electron chi connectivity index (χ2n) is 5.53. The van der Waals surface area contributed by atoms with Crippen molar-refractivity contribution in [1.29, 1.82) is 0 Å². The number of hydrogen-bond donors (Lipinski definition) is 1. The van der Waals surface area contributed by atoms with E-state index in [9.17, 15) is 4.79 Å². The largest absolute Gasteiger partial charge is 0.322 e. The second-order valence-corrected chi connectivity index (χ2v) is 5.89. The van der Waals surface area contributed by atoms with Gasteiger partial charge in [0.05, 0.1) is 12.2 Å². The molecule has 1 amide bonds. The van der Waals surface area contributed by atoms with Crippen molar-refractivity contribution in [2.45, 2.75) is 20.3 Å². The normalized spacial score (nSPS) is 24.2. The van der Waals surface area contributed by atoms with Crippen LogP contribution in [-0.2, 0) is 4.79 Å². The van der Waals surface area contributed by atoms with Gasteiger partial charge in [-0.2, -0.15) is 0 Å². The fourth-order valence-corrected chi connectivity index (χ4v) is 2.96. The monoisotopic (exact) mass is 281 g/mol. The Hall–Kier alpha value is -1.13. The summed E-state index contributed by atoms with van der Waals surface area (Å²) in [6, 6.07) is 3.52. The minimum Gasteiger partial charge on any atom is -0.322 e. The summed E-state index contributed by atoms with van der Waals surface area (Å²) in [5, 5.41) is 3.14. The van der Waals surface area contributed by atoms with Gasteiger partial charge < -0.3 is 5.32 Å². The van der Waals surface area contributed by atoms with Crippen LogP contribution < -0.4 is 5.32 Å². The minimum absolute atomic E-state index is 0.0313. The van der Waals surface area contributed by atoms with Crippen molar-refractivity contribution < 1.29 is 4.79 Å². The number of nitrogens with one attached hydrogen (secondary N) is 1. The standard InChI is InChI=1S/C14H20ClN3O/c1-10-6-11(2)8-18(7-10)9-13(19)17-12-4-3-5-16-14(12)15/h3-5,10-11H,6-9H2,1-2H3,(H,17,19)/t10-,11+. The third-order valence-corrected chi connectivity index (χ3v) is 3.65. The van der Waals surface area contributed by atoms with Gasteiger partial charge in [-0.15, -0.1) is 0 Å². The van der Waals surface area contributed by atoms with Crippen molar-refractivity contribution in [2.24, 2.45) is 11.8 Å². The maximum Gasteiger partial charge on any atom is 0.238 e. The predicted molar refractivity (Wildman–Crippen MR) is 77.3 cm³/mol. The topological polar surface area (TPSA) is 45.2 Å². The van der Waals surface area contributed by atoms with Crippen molar-refractivity contribution in [3.05, 3.63) is 23.5 Å². The van der Waals surface area contributed by atoms with E-state index in [-0.39, 0.29) is 5.91 Å². The molecule has 0 saturated carbocycles. The van der Waals surface area contributed by atoms with Gasteiger partial charge in [-0.3, -0.25) is 9.69 Å². The van der Waals surface area contributed by atoms with Crippen LogP contribution in [0.1, 0.15) is 20.3 Å². The Labute approximate surface area is 119 Å². The number of piperidine rings is 1. The summed E-state index contributed by atoms with van der Waals surface area (Å²) in [7, 11) is 0. The molecule has 1 saturated heterocycles. The van der Waals surface area contributed by atoms with E-state index in [4.69, 9.17) is 11.6 Å². The molecule has 1 aliphatic rings. The molecule has 0 bridgehead atoms. The van der Waals surface area contributed by atoms with Crippen LogP contribution in [0, 0.1) is 11.8 Å². The average molecular weight is 282 g/mol. The molecule has 1 fully saturated rings. The maximum absolute atomic E-state index is 12.0. The lowest BCUT2D eigenvalue weighted by atomic mass is 9.92. The molecule has 0 aliphatic carbocycles. The first kappa shape index (κ1) is 14.3. The van der Waals surface area contributed by atoms with E-state index in [2.05, 4.69) is 29.0 Å². The lowest BCUT2D eigenvalue weighted by Crippen LogP contribution is -2.42. The van der Waals surface area contributed by atoms with E-state index in [1.54, 1.807) is 18.3 Å². The molecule has 0 radical (unpaired) electrons. The molecular formula is C14H20ClN3O. The number of halogens is 1. The van der Waals surface area contributed by atoms with Gasteiger partial charge in [-0.1, -0.05) is 25.4 Å². The molecular weight excluding hydrogens is 262 g/mol. The van der Waals surface area contributed by atoms with E-state index in [1.807, 2.05) is 0 Å². The molecule has 0 spiro atoms. The number of nitrogens with zero attached hydrogens (tertiary/aromatic N) is 2. The van der Waals surface area contributed by atoms with Crippen molar-refractivity contribution in [1.82, 2.24) is 9.88 Å². The predicted octanol–water partition coefficient (Wildman–Crippen LogP) is 2.65. The molecule has 1 N–H and O–H groups in total.